The molecule has 0 aliphatic heterocycles. The minimum absolute atomic E-state index is 0.891. The first kappa shape index (κ1) is 27.1. The van der Waals surface area contributed by atoms with Gasteiger partial charge < -0.3 is 0 Å². The van der Waals surface area contributed by atoms with E-state index in [1.165, 1.54) is 10.9 Å². The van der Waals surface area contributed by atoms with Gasteiger partial charge in [-0.05, 0) is 69.1 Å². The van der Waals surface area contributed by atoms with Crippen LogP contribution in [0.2, 0.25) is 0 Å². The summed E-state index contributed by atoms with van der Waals surface area (Å²) in [6.45, 7) is 0. The third-order valence-corrected chi connectivity index (χ3v) is 6.18. The van der Waals surface area contributed by atoms with Crippen molar-refractivity contribution in [1.29, 1.82) is 0 Å². The molecule has 0 N–H and O–H groups in total. The number of nitrogens with zero attached hydrogens (tertiary/aromatic N) is 4. The summed E-state index contributed by atoms with van der Waals surface area (Å²) in [5.74, 6) is 0. The molecule has 0 aliphatic rings. The van der Waals surface area contributed by atoms with Crippen molar-refractivity contribution in [3.8, 4) is 11.1 Å². The molecule has 0 atom stereocenters. The van der Waals surface area contributed by atoms with Crippen LogP contribution in [0.25, 0.3) is 32.7 Å². The zero-order valence-electron chi connectivity index (χ0n) is 20.6. The molecule has 7 heteroatoms. The van der Waals surface area contributed by atoms with E-state index in [2.05, 4.69) is 111 Å². The molecule has 6 rings (SSSR count). The maximum absolute atomic E-state index is 4.96. The summed E-state index contributed by atoms with van der Waals surface area (Å²) in [5, 5.41) is 4.59. The Kier molecular flexibility index (Phi) is 9.39. The number of pyridine rings is 2. The fourth-order valence-corrected chi connectivity index (χ4v) is 4.45. The zero-order chi connectivity index (χ0) is 26.9. The average molecular weight is 681 g/mol. The maximum atomic E-state index is 4.96. The molecule has 194 valence electrons. The monoisotopic (exact) mass is 678 g/mol. The second-order valence-electron chi connectivity index (χ2n) is 8.48. The van der Waals surface area contributed by atoms with Crippen molar-refractivity contribution in [2.75, 3.05) is 0 Å². The van der Waals surface area contributed by atoms with E-state index in [0.717, 1.165) is 55.2 Å². The third kappa shape index (κ3) is 6.56. The van der Waals surface area contributed by atoms with Gasteiger partial charge in [-0.25, -0.2) is 0 Å². The quantitative estimate of drug-likeness (QED) is 0.135. The van der Waals surface area contributed by atoms with Crippen LogP contribution in [0.5, 0.6) is 0 Å². The van der Waals surface area contributed by atoms with Crippen molar-refractivity contribution in [2.45, 2.75) is 0 Å². The van der Waals surface area contributed by atoms with Crippen molar-refractivity contribution < 1.29 is 10.9 Å². The second-order valence-corrected chi connectivity index (χ2v) is 13.5. The van der Waals surface area contributed by atoms with Crippen LogP contribution in [0.4, 0.5) is 11.4 Å². The van der Waals surface area contributed by atoms with Gasteiger partial charge in [0, 0.05) is 48.3 Å². The van der Waals surface area contributed by atoms with Gasteiger partial charge in [0.25, 0.3) is 0 Å². The van der Waals surface area contributed by atoms with Crippen LogP contribution in [0.15, 0.2) is 132 Å². The van der Waals surface area contributed by atoms with E-state index in [9.17, 15) is 0 Å². The number of halogens is 2. The van der Waals surface area contributed by atoms with Gasteiger partial charge in [0.1, 0.15) is 0 Å². The Balaban J connectivity index is 0.000000983. The van der Waals surface area contributed by atoms with Crippen LogP contribution in [-0.2, 0) is 10.9 Å². The molecule has 0 radical (unpaired) electrons. The first-order chi connectivity index (χ1) is 19.3. The van der Waals surface area contributed by atoms with E-state index >= 15 is 0 Å². The summed E-state index contributed by atoms with van der Waals surface area (Å²) in [7, 11) is 1.25. The summed E-state index contributed by atoms with van der Waals surface area (Å²) in [6.07, 6.45) is 10.9. The average Bonchev–Trinajstić information content (AvgIpc) is 3.00. The molecule has 4 nitrogen and oxygen atoms in total. The van der Waals surface area contributed by atoms with Crippen molar-refractivity contribution in [3.05, 3.63) is 133 Å². The van der Waals surface area contributed by atoms with E-state index in [1.807, 2.05) is 36.7 Å². The van der Waals surface area contributed by atoms with Crippen molar-refractivity contribution in [3.63, 3.8) is 0 Å². The van der Waals surface area contributed by atoms with E-state index < -0.39 is 0 Å². The molecule has 0 bridgehead atoms. The van der Waals surface area contributed by atoms with Gasteiger partial charge in [0.05, 0.1) is 11.4 Å². The molecular weight excluding hydrogens is 659 g/mol. The molecule has 0 fully saturated rings. The van der Waals surface area contributed by atoms with Crippen LogP contribution in [0.1, 0.15) is 11.1 Å². The van der Waals surface area contributed by atoms with Gasteiger partial charge in [-0.1, -0.05) is 60.7 Å². The normalized spacial score (nSPS) is 11.3. The summed E-state index contributed by atoms with van der Waals surface area (Å²) >= 11 is 6.00. The number of aliphatic imine (C=N–C) groups is 2. The molecule has 0 amide bonds. The number of hydrogen-bond acceptors (Lipinski definition) is 4. The molecule has 0 saturated heterocycles. The Hall–Kier alpha value is -3.51. The summed E-state index contributed by atoms with van der Waals surface area (Å²) < 4.78 is 0. The van der Waals surface area contributed by atoms with Gasteiger partial charge in [-0.3, -0.25) is 20.0 Å². The van der Waals surface area contributed by atoms with Gasteiger partial charge in [-0.15, -0.1) is 0 Å². The van der Waals surface area contributed by atoms with Gasteiger partial charge >= 0.3 is 39.3 Å². The molecule has 2 heterocycles. The van der Waals surface area contributed by atoms with E-state index in [4.69, 9.17) is 9.98 Å². The van der Waals surface area contributed by atoms with E-state index in [1.54, 1.807) is 24.8 Å². The number of fused-ring (bicyclic) bond motifs is 2. The molecule has 0 spiro atoms. The Bertz CT molecular complexity index is 1630. The Morgan fingerprint density at radius 1 is 0.513 bits per heavy atom. The molecule has 0 unspecified atom stereocenters. The van der Waals surface area contributed by atoms with Crippen LogP contribution in [0.3, 0.4) is 0 Å². The third-order valence-electron chi connectivity index (χ3n) is 6.18. The number of aromatic nitrogens is 2. The number of rotatable bonds is 5. The fourth-order valence-electron chi connectivity index (χ4n) is 4.45. The van der Waals surface area contributed by atoms with Crippen LogP contribution >= 0.6 is 28.5 Å². The number of benzene rings is 4. The number of hydrogen-bond donors (Lipinski definition) is 0. The molecule has 2 aromatic heterocycles. The molecular formula is C32H22Br2N4Ni. The van der Waals surface area contributed by atoms with Gasteiger partial charge in [0.15, 0.2) is 0 Å². The van der Waals surface area contributed by atoms with Crippen LogP contribution in [0, 0.1) is 0 Å². The standard InChI is InChI=1S/C32H22N4.2BrH.Ni/c1-3-7-27-25(5-1)9-11-29(35-21-23-13-17-33-18-14-23)31(27)32-28-8-4-2-6-26(28)10-12-30(32)36-22-24-15-19-34-20-16-24;;;/h1-22H;2*1H;/q;;;+2/p-2. The van der Waals surface area contributed by atoms with Gasteiger partial charge in [-0.2, -0.15) is 0 Å². The predicted molar refractivity (Wildman–Crippen MR) is 168 cm³/mol. The van der Waals surface area contributed by atoms with Gasteiger partial charge in [0.2, 0.25) is 0 Å². The van der Waals surface area contributed by atoms with Crippen molar-refractivity contribution in [1.82, 2.24) is 9.97 Å². The van der Waals surface area contributed by atoms with Crippen molar-refractivity contribution >= 4 is 73.8 Å². The predicted octanol–water partition coefficient (Wildman–Crippen LogP) is 9.64. The van der Waals surface area contributed by atoms with Crippen molar-refractivity contribution in [2.24, 2.45) is 9.98 Å². The van der Waals surface area contributed by atoms with E-state index in [-0.39, 0.29) is 0 Å². The minimum atomic E-state index is 0.891. The second kappa shape index (κ2) is 13.5. The fraction of sp³-hybridized carbons (Fsp3) is 0. The summed E-state index contributed by atoms with van der Waals surface area (Å²) in [5.41, 5.74) is 5.91. The van der Waals surface area contributed by atoms with Crippen LogP contribution in [-0.4, -0.2) is 22.4 Å². The molecule has 6 aromatic rings. The SMILES string of the molecule is C(=Nc1ccc2ccccc2c1-c1c(N=Cc2ccncc2)ccc2ccccc12)c1ccncc1.[Br][Ni][Br]. The molecule has 4 aromatic carbocycles. The van der Waals surface area contributed by atoms with Crippen LogP contribution < -0.4 is 0 Å². The molecule has 0 aliphatic carbocycles. The summed E-state index contributed by atoms with van der Waals surface area (Å²) in [6, 6.07) is 33.1. The molecule has 0 saturated carbocycles. The summed E-state index contributed by atoms with van der Waals surface area (Å²) in [4.78, 5) is 18.1. The van der Waals surface area contributed by atoms with E-state index in [0.29, 0.717) is 0 Å². The Morgan fingerprint density at radius 3 is 1.31 bits per heavy atom. The zero-order valence-corrected chi connectivity index (χ0v) is 24.7. The Labute approximate surface area is 247 Å². The first-order valence-corrected chi connectivity index (χ1v) is 16.9. The molecule has 39 heavy (non-hydrogen) atoms. The first-order valence-electron chi connectivity index (χ1n) is 12.0. The Morgan fingerprint density at radius 2 is 0.897 bits per heavy atom. The topological polar surface area (TPSA) is 50.5 Å².